The van der Waals surface area contributed by atoms with Gasteiger partial charge in [0, 0.05) is 17.3 Å². The number of aromatic nitrogens is 1. The van der Waals surface area contributed by atoms with Crippen LogP contribution in [0, 0.1) is 12.7 Å². The van der Waals surface area contributed by atoms with E-state index in [-0.39, 0.29) is 16.8 Å². The Hall–Kier alpha value is -2.78. The molecular formula is C19H14F4N2O2S. The minimum absolute atomic E-state index is 0.0178. The zero-order chi connectivity index (χ0) is 20.7. The molecule has 2 aromatic carbocycles. The van der Waals surface area contributed by atoms with Crippen molar-refractivity contribution in [3.63, 3.8) is 0 Å². The third-order valence-electron chi connectivity index (χ3n) is 4.12. The quantitative estimate of drug-likeness (QED) is 0.645. The van der Waals surface area contributed by atoms with Crippen LogP contribution in [0.3, 0.4) is 0 Å². The molecule has 9 heteroatoms. The molecule has 3 aromatic rings. The summed E-state index contributed by atoms with van der Waals surface area (Å²) in [5, 5.41) is 5.08. The lowest BCUT2D eigenvalue weighted by Crippen LogP contribution is -2.12. The molecule has 0 unspecified atom stereocenters. The summed E-state index contributed by atoms with van der Waals surface area (Å²) in [7, 11) is -4.15. The SMILES string of the molecule is Cc1cc(-c2cccnc2-c2cc(F)cc(S(N)(=O)=O)c2)ccc1C(F)(F)F. The Morgan fingerprint density at radius 2 is 1.71 bits per heavy atom. The molecule has 0 atom stereocenters. The van der Waals surface area contributed by atoms with Crippen molar-refractivity contribution >= 4 is 10.0 Å². The third-order valence-corrected chi connectivity index (χ3v) is 5.02. The molecule has 28 heavy (non-hydrogen) atoms. The number of primary sulfonamides is 1. The van der Waals surface area contributed by atoms with Gasteiger partial charge in [-0.15, -0.1) is 0 Å². The highest BCUT2D eigenvalue weighted by molar-refractivity contribution is 7.89. The lowest BCUT2D eigenvalue weighted by atomic mass is 9.96. The summed E-state index contributed by atoms with van der Waals surface area (Å²) in [4.78, 5) is 3.74. The number of nitrogens with two attached hydrogens (primary N) is 1. The van der Waals surface area contributed by atoms with E-state index < -0.39 is 32.5 Å². The molecule has 0 bridgehead atoms. The summed E-state index contributed by atoms with van der Waals surface area (Å²) in [6.07, 6.45) is -3.06. The zero-order valence-electron chi connectivity index (χ0n) is 14.5. The van der Waals surface area contributed by atoms with Gasteiger partial charge in [0.15, 0.2) is 0 Å². The third kappa shape index (κ3) is 4.05. The first kappa shape index (κ1) is 20.0. The van der Waals surface area contributed by atoms with E-state index in [0.29, 0.717) is 11.1 Å². The fourth-order valence-electron chi connectivity index (χ4n) is 2.88. The normalized spacial score (nSPS) is 12.2. The fraction of sp³-hybridized carbons (Fsp3) is 0.105. The van der Waals surface area contributed by atoms with Crippen LogP contribution in [0.15, 0.2) is 59.6 Å². The largest absolute Gasteiger partial charge is 0.416 e. The van der Waals surface area contributed by atoms with Crippen molar-refractivity contribution < 1.29 is 26.0 Å². The molecule has 146 valence electrons. The Morgan fingerprint density at radius 3 is 2.32 bits per heavy atom. The van der Waals surface area contributed by atoms with Gasteiger partial charge in [-0.25, -0.2) is 17.9 Å². The van der Waals surface area contributed by atoms with Crippen LogP contribution in [-0.4, -0.2) is 13.4 Å². The zero-order valence-corrected chi connectivity index (χ0v) is 15.3. The molecule has 0 amide bonds. The number of nitrogens with zero attached hydrogens (tertiary/aromatic N) is 1. The second kappa shape index (κ2) is 6.99. The molecule has 0 saturated carbocycles. The van der Waals surface area contributed by atoms with E-state index in [0.717, 1.165) is 18.2 Å². The van der Waals surface area contributed by atoms with Gasteiger partial charge >= 0.3 is 6.18 Å². The lowest BCUT2D eigenvalue weighted by Gasteiger charge is -2.14. The number of aryl methyl sites for hydroxylation is 1. The van der Waals surface area contributed by atoms with Crippen LogP contribution in [-0.2, 0) is 16.2 Å². The number of sulfonamides is 1. The van der Waals surface area contributed by atoms with E-state index in [9.17, 15) is 26.0 Å². The van der Waals surface area contributed by atoms with E-state index in [1.165, 1.54) is 31.3 Å². The van der Waals surface area contributed by atoms with Gasteiger partial charge in [0.25, 0.3) is 0 Å². The molecule has 0 spiro atoms. The number of halogens is 4. The predicted molar refractivity (Wildman–Crippen MR) is 96.2 cm³/mol. The van der Waals surface area contributed by atoms with Gasteiger partial charge < -0.3 is 0 Å². The van der Waals surface area contributed by atoms with Gasteiger partial charge in [0.2, 0.25) is 10.0 Å². The van der Waals surface area contributed by atoms with Gasteiger partial charge in [-0.2, -0.15) is 13.2 Å². The number of hydrogen-bond donors (Lipinski definition) is 1. The van der Waals surface area contributed by atoms with Gasteiger partial charge in [-0.05, 0) is 48.4 Å². The van der Waals surface area contributed by atoms with E-state index in [4.69, 9.17) is 5.14 Å². The standard InChI is InChI=1S/C19H14F4N2O2S/c1-11-7-12(4-5-17(11)19(21,22)23)16-3-2-6-25-18(16)13-8-14(20)10-15(9-13)28(24,26)27/h2-10H,1H3,(H2,24,26,27). The molecule has 0 saturated heterocycles. The Balaban J connectivity index is 2.19. The highest BCUT2D eigenvalue weighted by atomic mass is 32.2. The second-order valence-corrected chi connectivity index (χ2v) is 7.71. The summed E-state index contributed by atoms with van der Waals surface area (Å²) in [6.45, 7) is 1.34. The Kier molecular flexibility index (Phi) is 4.99. The Labute approximate surface area is 158 Å². The van der Waals surface area contributed by atoms with Crippen molar-refractivity contribution in [2.24, 2.45) is 5.14 Å². The van der Waals surface area contributed by atoms with Crippen molar-refractivity contribution in [2.45, 2.75) is 18.0 Å². The molecule has 2 N–H and O–H groups in total. The van der Waals surface area contributed by atoms with Crippen molar-refractivity contribution in [1.82, 2.24) is 4.98 Å². The number of hydrogen-bond acceptors (Lipinski definition) is 3. The minimum Gasteiger partial charge on any atom is -0.256 e. The van der Waals surface area contributed by atoms with Gasteiger partial charge in [0.05, 0.1) is 16.2 Å². The molecule has 1 heterocycles. The first-order chi connectivity index (χ1) is 13.0. The minimum atomic E-state index is -4.48. The maximum Gasteiger partial charge on any atom is 0.416 e. The first-order valence-electron chi connectivity index (χ1n) is 7.94. The molecule has 1 aromatic heterocycles. The molecule has 0 fully saturated rings. The van der Waals surface area contributed by atoms with E-state index in [2.05, 4.69) is 4.98 Å². The number of rotatable bonds is 3. The number of benzene rings is 2. The van der Waals surface area contributed by atoms with Crippen molar-refractivity contribution in [3.05, 3.63) is 71.7 Å². The van der Waals surface area contributed by atoms with Crippen LogP contribution in [0.4, 0.5) is 17.6 Å². The van der Waals surface area contributed by atoms with Crippen LogP contribution in [0.2, 0.25) is 0 Å². The highest BCUT2D eigenvalue weighted by Gasteiger charge is 2.32. The topological polar surface area (TPSA) is 73.0 Å². The monoisotopic (exact) mass is 410 g/mol. The van der Waals surface area contributed by atoms with Crippen molar-refractivity contribution in [1.29, 1.82) is 0 Å². The molecular weight excluding hydrogens is 396 g/mol. The summed E-state index contributed by atoms with van der Waals surface area (Å²) >= 11 is 0. The Bertz CT molecular complexity index is 1160. The summed E-state index contributed by atoms with van der Waals surface area (Å²) in [6, 6.07) is 9.81. The maximum atomic E-state index is 14.0. The molecule has 0 aliphatic rings. The van der Waals surface area contributed by atoms with Gasteiger partial charge in [-0.3, -0.25) is 4.98 Å². The molecule has 3 rings (SSSR count). The molecule has 0 aliphatic heterocycles. The van der Waals surface area contributed by atoms with Gasteiger partial charge in [0.1, 0.15) is 5.82 Å². The maximum absolute atomic E-state index is 14.0. The molecule has 4 nitrogen and oxygen atoms in total. The van der Waals surface area contributed by atoms with Crippen LogP contribution in [0.1, 0.15) is 11.1 Å². The average Bonchev–Trinajstić information content (AvgIpc) is 2.59. The van der Waals surface area contributed by atoms with E-state index in [1.54, 1.807) is 12.1 Å². The van der Waals surface area contributed by atoms with E-state index >= 15 is 0 Å². The fourth-order valence-corrected chi connectivity index (χ4v) is 3.45. The van der Waals surface area contributed by atoms with Crippen LogP contribution in [0.25, 0.3) is 22.4 Å². The first-order valence-corrected chi connectivity index (χ1v) is 9.48. The summed E-state index contributed by atoms with van der Waals surface area (Å²) in [5.41, 5.74) is 0.455. The van der Waals surface area contributed by atoms with Gasteiger partial charge in [-0.1, -0.05) is 18.2 Å². The molecule has 0 radical (unpaired) electrons. The smallest absolute Gasteiger partial charge is 0.256 e. The number of pyridine rings is 1. The number of alkyl halides is 3. The predicted octanol–water partition coefficient (Wildman–Crippen LogP) is 4.53. The lowest BCUT2D eigenvalue weighted by molar-refractivity contribution is -0.138. The average molecular weight is 410 g/mol. The molecule has 0 aliphatic carbocycles. The van der Waals surface area contributed by atoms with Crippen LogP contribution < -0.4 is 5.14 Å². The van der Waals surface area contributed by atoms with Crippen molar-refractivity contribution in [3.8, 4) is 22.4 Å². The Morgan fingerprint density at radius 1 is 1.00 bits per heavy atom. The summed E-state index contributed by atoms with van der Waals surface area (Å²) in [5.74, 6) is -0.832. The van der Waals surface area contributed by atoms with E-state index in [1.807, 2.05) is 0 Å². The highest BCUT2D eigenvalue weighted by Crippen LogP contribution is 2.36. The van der Waals surface area contributed by atoms with Crippen molar-refractivity contribution in [2.75, 3.05) is 0 Å². The van der Waals surface area contributed by atoms with Crippen LogP contribution in [0.5, 0.6) is 0 Å². The second-order valence-electron chi connectivity index (χ2n) is 6.15. The van der Waals surface area contributed by atoms with Crippen LogP contribution >= 0.6 is 0 Å². The summed E-state index contributed by atoms with van der Waals surface area (Å²) < 4.78 is 76.1.